The molecule has 1 unspecified atom stereocenters. The number of likely N-dealkylation sites (tertiary alicyclic amines) is 1. The molecule has 0 spiro atoms. The Morgan fingerprint density at radius 2 is 2.12 bits per heavy atom. The van der Waals surface area contributed by atoms with Crippen molar-refractivity contribution in [1.29, 1.82) is 0 Å². The number of ether oxygens (including phenoxy) is 1. The number of rotatable bonds is 4. The number of benzene rings is 1. The Balaban J connectivity index is 1.66. The van der Waals surface area contributed by atoms with Crippen LogP contribution in [-0.2, 0) is 6.42 Å². The van der Waals surface area contributed by atoms with E-state index in [1.54, 1.807) is 13.3 Å². The summed E-state index contributed by atoms with van der Waals surface area (Å²) in [5, 5.41) is 2.99. The van der Waals surface area contributed by atoms with Gasteiger partial charge in [0.2, 0.25) is 0 Å². The molecule has 0 radical (unpaired) electrons. The van der Waals surface area contributed by atoms with Crippen LogP contribution in [0.4, 0.5) is 10.5 Å². The van der Waals surface area contributed by atoms with Gasteiger partial charge < -0.3 is 15.0 Å². The first kappa shape index (κ1) is 16.3. The topological polar surface area (TPSA) is 54.5 Å². The number of urea groups is 1. The van der Waals surface area contributed by atoms with Crippen LogP contribution in [0.15, 0.2) is 48.8 Å². The number of nitrogens with one attached hydrogen (secondary N) is 1. The predicted molar refractivity (Wildman–Crippen MR) is 94.3 cm³/mol. The number of hydrogen-bond donors (Lipinski definition) is 1. The van der Waals surface area contributed by atoms with Gasteiger partial charge in [0.15, 0.2) is 0 Å². The molecule has 1 aromatic carbocycles. The van der Waals surface area contributed by atoms with Gasteiger partial charge in [0.05, 0.1) is 7.11 Å². The van der Waals surface area contributed by atoms with Gasteiger partial charge in [-0.15, -0.1) is 0 Å². The Morgan fingerprint density at radius 3 is 2.83 bits per heavy atom. The molecule has 1 saturated heterocycles. The van der Waals surface area contributed by atoms with Crippen molar-refractivity contribution in [1.82, 2.24) is 9.88 Å². The third-order valence-corrected chi connectivity index (χ3v) is 4.42. The predicted octanol–water partition coefficient (Wildman–Crippen LogP) is 3.72. The molecule has 0 saturated carbocycles. The summed E-state index contributed by atoms with van der Waals surface area (Å²) in [5.74, 6) is 0.778. The highest BCUT2D eigenvalue weighted by atomic mass is 16.5. The lowest BCUT2D eigenvalue weighted by Crippen LogP contribution is -2.46. The lowest BCUT2D eigenvalue weighted by Gasteiger charge is -2.35. The van der Waals surface area contributed by atoms with Crippen LogP contribution in [-0.4, -0.2) is 35.6 Å². The van der Waals surface area contributed by atoms with Crippen LogP contribution in [0.2, 0.25) is 0 Å². The Hall–Kier alpha value is -2.56. The largest absolute Gasteiger partial charge is 0.497 e. The van der Waals surface area contributed by atoms with Gasteiger partial charge in [-0.2, -0.15) is 0 Å². The molecule has 3 rings (SSSR count). The third-order valence-electron chi connectivity index (χ3n) is 4.42. The maximum atomic E-state index is 12.7. The number of carbonyl (C=O) groups is 1. The first-order valence-corrected chi connectivity index (χ1v) is 8.37. The van der Waals surface area contributed by atoms with E-state index in [0.29, 0.717) is 0 Å². The number of amides is 2. The van der Waals surface area contributed by atoms with Crippen molar-refractivity contribution in [2.45, 2.75) is 31.7 Å². The van der Waals surface area contributed by atoms with Crippen molar-refractivity contribution in [3.05, 3.63) is 54.4 Å². The zero-order chi connectivity index (χ0) is 16.8. The number of anilines is 1. The van der Waals surface area contributed by atoms with E-state index in [1.807, 2.05) is 41.4 Å². The summed E-state index contributed by atoms with van der Waals surface area (Å²) in [5.41, 5.74) is 1.96. The molecule has 5 nitrogen and oxygen atoms in total. The van der Waals surface area contributed by atoms with Gasteiger partial charge in [-0.1, -0.05) is 6.07 Å². The van der Waals surface area contributed by atoms with E-state index in [0.717, 1.165) is 43.7 Å². The molecular formula is C19H23N3O2. The van der Waals surface area contributed by atoms with Crippen LogP contribution >= 0.6 is 0 Å². The van der Waals surface area contributed by atoms with Crippen molar-refractivity contribution in [2.75, 3.05) is 19.0 Å². The molecule has 1 atom stereocenters. The minimum Gasteiger partial charge on any atom is -0.497 e. The fraction of sp³-hybridized carbons (Fsp3) is 0.368. The standard InChI is InChI=1S/C19H23N3O2/c1-24-18-9-7-16(8-10-18)21-19(23)22-12-3-2-6-17(22)13-15-5-4-11-20-14-15/h4-5,7-11,14,17H,2-3,6,12-13H2,1H3,(H,21,23). The van der Waals surface area contributed by atoms with Gasteiger partial charge in [0.1, 0.15) is 5.75 Å². The van der Waals surface area contributed by atoms with E-state index in [2.05, 4.69) is 16.4 Å². The summed E-state index contributed by atoms with van der Waals surface area (Å²) in [6.07, 6.45) is 7.76. The van der Waals surface area contributed by atoms with Crippen LogP contribution in [0.1, 0.15) is 24.8 Å². The second-order valence-corrected chi connectivity index (χ2v) is 6.07. The molecule has 0 aliphatic carbocycles. The van der Waals surface area contributed by atoms with Gasteiger partial charge >= 0.3 is 6.03 Å². The molecule has 0 bridgehead atoms. The Kier molecular flexibility index (Phi) is 5.31. The molecule has 5 heteroatoms. The van der Waals surface area contributed by atoms with Crippen molar-refractivity contribution >= 4 is 11.7 Å². The summed E-state index contributed by atoms with van der Waals surface area (Å²) >= 11 is 0. The lowest BCUT2D eigenvalue weighted by molar-refractivity contribution is 0.162. The van der Waals surface area contributed by atoms with E-state index in [1.165, 1.54) is 5.56 Å². The van der Waals surface area contributed by atoms with Crippen LogP contribution in [0.5, 0.6) is 5.75 Å². The average molecular weight is 325 g/mol. The molecule has 1 fully saturated rings. The van der Waals surface area contributed by atoms with E-state index in [4.69, 9.17) is 4.74 Å². The Labute approximate surface area is 142 Å². The smallest absolute Gasteiger partial charge is 0.322 e. The molecule has 1 N–H and O–H groups in total. The highest BCUT2D eigenvalue weighted by Gasteiger charge is 2.26. The monoisotopic (exact) mass is 325 g/mol. The summed E-state index contributed by atoms with van der Waals surface area (Å²) in [7, 11) is 1.63. The maximum absolute atomic E-state index is 12.7. The molecule has 1 aliphatic heterocycles. The van der Waals surface area contributed by atoms with E-state index < -0.39 is 0 Å². The third kappa shape index (κ3) is 4.04. The number of aromatic nitrogens is 1. The number of methoxy groups -OCH3 is 1. The normalized spacial score (nSPS) is 17.4. The minimum absolute atomic E-state index is 0.0336. The van der Waals surface area contributed by atoms with E-state index in [-0.39, 0.29) is 12.1 Å². The SMILES string of the molecule is COc1ccc(NC(=O)N2CCCCC2Cc2cccnc2)cc1. The number of piperidine rings is 1. The quantitative estimate of drug-likeness (QED) is 0.932. The summed E-state index contributed by atoms with van der Waals surface area (Å²) in [4.78, 5) is 18.8. The number of carbonyl (C=O) groups excluding carboxylic acids is 1. The summed E-state index contributed by atoms with van der Waals surface area (Å²) < 4.78 is 5.14. The second-order valence-electron chi connectivity index (χ2n) is 6.07. The van der Waals surface area contributed by atoms with Crippen LogP contribution < -0.4 is 10.1 Å². The van der Waals surface area contributed by atoms with Gasteiger partial charge in [-0.05, 0) is 61.6 Å². The molecular weight excluding hydrogens is 302 g/mol. The van der Waals surface area contributed by atoms with Crippen LogP contribution in [0.3, 0.4) is 0 Å². The van der Waals surface area contributed by atoms with Gasteiger partial charge in [0.25, 0.3) is 0 Å². The molecule has 126 valence electrons. The number of hydrogen-bond acceptors (Lipinski definition) is 3. The first-order valence-electron chi connectivity index (χ1n) is 8.37. The second kappa shape index (κ2) is 7.81. The first-order chi connectivity index (χ1) is 11.8. The highest BCUT2D eigenvalue weighted by Crippen LogP contribution is 2.22. The lowest BCUT2D eigenvalue weighted by atomic mass is 9.96. The van der Waals surface area contributed by atoms with E-state index in [9.17, 15) is 4.79 Å². The Morgan fingerprint density at radius 1 is 1.29 bits per heavy atom. The van der Waals surface area contributed by atoms with Crippen LogP contribution in [0.25, 0.3) is 0 Å². The maximum Gasteiger partial charge on any atom is 0.322 e. The average Bonchev–Trinajstić information content (AvgIpc) is 2.63. The molecule has 1 aromatic heterocycles. The van der Waals surface area contributed by atoms with Crippen molar-refractivity contribution in [2.24, 2.45) is 0 Å². The van der Waals surface area contributed by atoms with Gasteiger partial charge in [0, 0.05) is 30.7 Å². The Bertz CT molecular complexity index is 658. The molecule has 2 heterocycles. The zero-order valence-corrected chi connectivity index (χ0v) is 13.9. The number of nitrogens with zero attached hydrogens (tertiary/aromatic N) is 2. The van der Waals surface area contributed by atoms with Crippen molar-refractivity contribution < 1.29 is 9.53 Å². The fourth-order valence-electron chi connectivity index (χ4n) is 3.14. The molecule has 24 heavy (non-hydrogen) atoms. The molecule has 2 aromatic rings. The molecule has 1 aliphatic rings. The molecule has 2 amide bonds. The zero-order valence-electron chi connectivity index (χ0n) is 13.9. The van der Waals surface area contributed by atoms with Crippen molar-refractivity contribution in [3.63, 3.8) is 0 Å². The van der Waals surface area contributed by atoms with E-state index >= 15 is 0 Å². The fourth-order valence-corrected chi connectivity index (χ4v) is 3.14. The minimum atomic E-state index is -0.0336. The van der Waals surface area contributed by atoms with Gasteiger partial charge in [-0.3, -0.25) is 4.98 Å². The highest BCUT2D eigenvalue weighted by molar-refractivity contribution is 5.89. The number of pyridine rings is 1. The van der Waals surface area contributed by atoms with Gasteiger partial charge in [-0.25, -0.2) is 4.79 Å². The summed E-state index contributed by atoms with van der Waals surface area (Å²) in [6, 6.07) is 11.6. The summed E-state index contributed by atoms with van der Waals surface area (Å²) in [6.45, 7) is 0.799. The van der Waals surface area contributed by atoms with Crippen LogP contribution in [0, 0.1) is 0 Å². The van der Waals surface area contributed by atoms with Crippen molar-refractivity contribution in [3.8, 4) is 5.75 Å².